The fourth-order valence-electron chi connectivity index (χ4n) is 0.468. The predicted octanol–water partition coefficient (Wildman–Crippen LogP) is 0.752. The minimum atomic E-state index is -0.947. The van der Waals surface area contributed by atoms with Gasteiger partial charge in [0.15, 0.2) is 6.61 Å². The summed E-state index contributed by atoms with van der Waals surface area (Å²) in [6, 6.07) is 0. The Hall–Kier alpha value is -1.91. The molecular formula is C10H12O5. The Balaban J connectivity index is 3.96. The highest BCUT2D eigenvalue weighted by atomic mass is 16.6. The Kier molecular flexibility index (Phi) is 5.01. The molecule has 0 bridgehead atoms. The largest absolute Gasteiger partial charge is 0.450 e. The maximum Gasteiger partial charge on any atom is 0.352 e. The molecule has 0 fully saturated rings. The molecule has 5 heteroatoms. The number of ether oxygens (including phenoxy) is 2. The lowest BCUT2D eigenvalue weighted by Crippen LogP contribution is -2.20. The van der Waals surface area contributed by atoms with Crippen molar-refractivity contribution in [2.75, 3.05) is 6.61 Å². The number of rotatable bonds is 4. The standard InChI is InChI=1S/C10H12O5/c1-6(2)9(12)14-5-8(11)15-10(13)7(3)4/h1,3,5H2,2,4H3. The van der Waals surface area contributed by atoms with Gasteiger partial charge in [0.2, 0.25) is 0 Å². The topological polar surface area (TPSA) is 69.7 Å². The molecule has 82 valence electrons. The van der Waals surface area contributed by atoms with Gasteiger partial charge in [0.1, 0.15) is 0 Å². The Morgan fingerprint density at radius 2 is 1.47 bits per heavy atom. The van der Waals surface area contributed by atoms with Gasteiger partial charge in [-0.3, -0.25) is 0 Å². The van der Waals surface area contributed by atoms with Crippen molar-refractivity contribution in [2.24, 2.45) is 0 Å². The third-order valence-corrected chi connectivity index (χ3v) is 1.22. The molecule has 0 rings (SSSR count). The normalized spacial score (nSPS) is 8.93. The fraction of sp³-hybridized carbons (Fsp3) is 0.300. The van der Waals surface area contributed by atoms with Crippen molar-refractivity contribution in [1.29, 1.82) is 0 Å². The average Bonchev–Trinajstić information content (AvgIpc) is 2.13. The minimum Gasteiger partial charge on any atom is -0.450 e. The summed E-state index contributed by atoms with van der Waals surface area (Å²) < 4.78 is 8.71. The van der Waals surface area contributed by atoms with Crippen LogP contribution in [0.1, 0.15) is 13.8 Å². The number of hydrogen-bond acceptors (Lipinski definition) is 5. The van der Waals surface area contributed by atoms with Gasteiger partial charge in [0.05, 0.1) is 0 Å². The summed E-state index contributed by atoms with van der Waals surface area (Å²) in [5, 5.41) is 0. The fourth-order valence-corrected chi connectivity index (χ4v) is 0.468. The van der Waals surface area contributed by atoms with Gasteiger partial charge < -0.3 is 9.47 Å². The summed E-state index contributed by atoms with van der Waals surface area (Å²) in [5.41, 5.74) is 0.253. The average molecular weight is 212 g/mol. The van der Waals surface area contributed by atoms with E-state index in [2.05, 4.69) is 22.6 Å². The minimum absolute atomic E-state index is 0.0922. The SMILES string of the molecule is C=C(C)C(=O)OCC(=O)OC(=O)C(=C)C. The first-order valence-corrected chi connectivity index (χ1v) is 4.07. The summed E-state index contributed by atoms with van der Waals surface area (Å²) in [6.07, 6.45) is 0. The zero-order chi connectivity index (χ0) is 12.0. The number of hydrogen-bond donors (Lipinski definition) is 0. The molecule has 0 aliphatic heterocycles. The maximum atomic E-state index is 10.9. The van der Waals surface area contributed by atoms with Gasteiger partial charge in [-0.2, -0.15) is 0 Å². The van der Waals surface area contributed by atoms with E-state index in [9.17, 15) is 14.4 Å². The van der Waals surface area contributed by atoms with E-state index in [1.165, 1.54) is 13.8 Å². The monoisotopic (exact) mass is 212 g/mol. The van der Waals surface area contributed by atoms with Crippen molar-refractivity contribution in [2.45, 2.75) is 13.8 Å². The summed E-state index contributed by atoms with van der Waals surface area (Å²) >= 11 is 0. The van der Waals surface area contributed by atoms with Crippen LogP contribution in [0.2, 0.25) is 0 Å². The van der Waals surface area contributed by atoms with Crippen molar-refractivity contribution < 1.29 is 23.9 Å². The molecule has 0 radical (unpaired) electrons. The van der Waals surface area contributed by atoms with Gasteiger partial charge in [-0.15, -0.1) is 0 Å². The molecule has 0 saturated carbocycles. The second-order valence-electron chi connectivity index (χ2n) is 2.90. The molecule has 0 aromatic carbocycles. The van der Waals surface area contributed by atoms with Crippen molar-refractivity contribution in [3.8, 4) is 0 Å². The van der Waals surface area contributed by atoms with Crippen LogP contribution in [-0.2, 0) is 23.9 Å². The first-order valence-electron chi connectivity index (χ1n) is 4.07. The highest BCUT2D eigenvalue weighted by molar-refractivity contribution is 5.96. The van der Waals surface area contributed by atoms with Crippen LogP contribution in [0, 0.1) is 0 Å². The van der Waals surface area contributed by atoms with Crippen LogP contribution in [0.5, 0.6) is 0 Å². The maximum absolute atomic E-state index is 10.9. The van der Waals surface area contributed by atoms with Gasteiger partial charge in [-0.25, -0.2) is 14.4 Å². The third kappa shape index (κ3) is 5.41. The summed E-state index contributed by atoms with van der Waals surface area (Å²) in [7, 11) is 0. The molecule has 0 spiro atoms. The molecule has 0 N–H and O–H groups in total. The lowest BCUT2D eigenvalue weighted by molar-refractivity contribution is -0.164. The van der Waals surface area contributed by atoms with Crippen LogP contribution in [0.3, 0.4) is 0 Å². The van der Waals surface area contributed by atoms with E-state index in [4.69, 9.17) is 0 Å². The third-order valence-electron chi connectivity index (χ3n) is 1.22. The molecule has 0 heterocycles. The zero-order valence-electron chi connectivity index (χ0n) is 8.66. The van der Waals surface area contributed by atoms with Gasteiger partial charge in [-0.05, 0) is 13.8 Å². The molecule has 0 unspecified atom stereocenters. The van der Waals surface area contributed by atoms with Crippen LogP contribution in [0.25, 0.3) is 0 Å². The zero-order valence-corrected chi connectivity index (χ0v) is 8.66. The summed E-state index contributed by atoms with van der Waals surface area (Å²) in [6.45, 7) is 8.81. The van der Waals surface area contributed by atoms with Gasteiger partial charge in [0.25, 0.3) is 0 Å². The van der Waals surface area contributed by atoms with E-state index in [-0.39, 0.29) is 11.1 Å². The molecule has 15 heavy (non-hydrogen) atoms. The van der Waals surface area contributed by atoms with E-state index < -0.39 is 24.5 Å². The van der Waals surface area contributed by atoms with Crippen molar-refractivity contribution in [1.82, 2.24) is 0 Å². The number of carbonyl (C=O) groups is 3. The van der Waals surface area contributed by atoms with E-state index in [0.717, 1.165) is 0 Å². The summed E-state index contributed by atoms with van der Waals surface area (Å²) in [4.78, 5) is 32.6. The van der Waals surface area contributed by atoms with E-state index in [0.29, 0.717) is 0 Å². The highest BCUT2D eigenvalue weighted by Crippen LogP contribution is 1.95. The van der Waals surface area contributed by atoms with Crippen molar-refractivity contribution >= 4 is 17.9 Å². The second-order valence-corrected chi connectivity index (χ2v) is 2.90. The molecule has 0 aromatic rings. The van der Waals surface area contributed by atoms with Crippen LogP contribution in [-0.4, -0.2) is 24.5 Å². The molecule has 0 atom stereocenters. The van der Waals surface area contributed by atoms with Crippen LogP contribution < -0.4 is 0 Å². The molecule has 5 nitrogen and oxygen atoms in total. The van der Waals surface area contributed by atoms with Crippen LogP contribution >= 0.6 is 0 Å². The van der Waals surface area contributed by atoms with Crippen LogP contribution in [0.4, 0.5) is 0 Å². The Morgan fingerprint density at radius 1 is 1.00 bits per heavy atom. The lowest BCUT2D eigenvalue weighted by Gasteiger charge is -2.03. The van der Waals surface area contributed by atoms with Crippen LogP contribution in [0.15, 0.2) is 24.3 Å². The van der Waals surface area contributed by atoms with E-state index in [1.54, 1.807) is 0 Å². The molecule has 0 aliphatic carbocycles. The van der Waals surface area contributed by atoms with E-state index in [1.807, 2.05) is 0 Å². The summed E-state index contributed by atoms with van der Waals surface area (Å²) in [5.74, 6) is -2.50. The predicted molar refractivity (Wildman–Crippen MR) is 51.7 cm³/mol. The molecule has 0 aromatic heterocycles. The lowest BCUT2D eigenvalue weighted by atomic mass is 10.4. The first kappa shape index (κ1) is 13.1. The van der Waals surface area contributed by atoms with Gasteiger partial charge in [0, 0.05) is 11.1 Å². The molecule has 0 amide bonds. The molecule has 0 aliphatic rings. The molecular weight excluding hydrogens is 200 g/mol. The Bertz CT molecular complexity index is 327. The van der Waals surface area contributed by atoms with E-state index >= 15 is 0 Å². The second kappa shape index (κ2) is 5.74. The van der Waals surface area contributed by atoms with Crippen molar-refractivity contribution in [3.05, 3.63) is 24.3 Å². The number of esters is 3. The number of carbonyl (C=O) groups excluding carboxylic acids is 3. The van der Waals surface area contributed by atoms with Gasteiger partial charge in [-0.1, -0.05) is 13.2 Å². The smallest absolute Gasteiger partial charge is 0.352 e. The van der Waals surface area contributed by atoms with Gasteiger partial charge >= 0.3 is 17.9 Å². The molecule has 0 saturated heterocycles. The van der Waals surface area contributed by atoms with Crippen molar-refractivity contribution in [3.63, 3.8) is 0 Å². The first-order chi connectivity index (χ1) is 6.84. The Labute approximate surface area is 87.4 Å². The Morgan fingerprint density at radius 3 is 1.87 bits per heavy atom. The quantitative estimate of drug-likeness (QED) is 0.390. The highest BCUT2D eigenvalue weighted by Gasteiger charge is 2.13.